The third-order valence-electron chi connectivity index (χ3n) is 2.05. The predicted molar refractivity (Wildman–Crippen MR) is 58.4 cm³/mol. The number of nitrogens with zero attached hydrogens (tertiary/aromatic N) is 2. The molecule has 0 radical (unpaired) electrons. The number of hydrogen-bond acceptors (Lipinski definition) is 2. The second kappa shape index (κ2) is 3.24. The maximum atomic E-state index is 11.5. The zero-order valence-electron chi connectivity index (χ0n) is 7.91. The molecule has 2 aromatic rings. The molecule has 74 valence electrons. The highest BCUT2D eigenvalue weighted by atomic mass is 79.9. The normalized spacial score (nSPS) is 11.4. The number of imidazole rings is 1. The molecular formula is C9H10BrN3O. The molecule has 1 N–H and O–H groups in total. The Hall–Kier alpha value is -1.10. The molecule has 0 bridgehead atoms. The van der Waals surface area contributed by atoms with Gasteiger partial charge in [-0.3, -0.25) is 4.57 Å². The summed E-state index contributed by atoms with van der Waals surface area (Å²) in [5.74, 6) is 0. The molecule has 2 rings (SSSR count). The van der Waals surface area contributed by atoms with Crippen LogP contribution in [-0.4, -0.2) is 14.5 Å². The fourth-order valence-electron chi connectivity index (χ4n) is 1.46. The van der Waals surface area contributed by atoms with Gasteiger partial charge in [-0.1, -0.05) is 0 Å². The molecule has 0 spiro atoms. The summed E-state index contributed by atoms with van der Waals surface area (Å²) in [5.41, 5.74) is 1.35. The third-order valence-corrected chi connectivity index (χ3v) is 2.49. The van der Waals surface area contributed by atoms with E-state index in [1.807, 2.05) is 26.0 Å². The van der Waals surface area contributed by atoms with Crippen LogP contribution in [0.5, 0.6) is 0 Å². The van der Waals surface area contributed by atoms with Crippen molar-refractivity contribution in [1.82, 2.24) is 14.5 Å². The number of rotatable bonds is 1. The van der Waals surface area contributed by atoms with Crippen molar-refractivity contribution in [1.29, 1.82) is 0 Å². The molecule has 0 atom stereocenters. The molecule has 2 aromatic heterocycles. The van der Waals surface area contributed by atoms with Crippen molar-refractivity contribution < 1.29 is 0 Å². The Morgan fingerprint density at radius 1 is 1.50 bits per heavy atom. The Morgan fingerprint density at radius 3 is 2.86 bits per heavy atom. The molecule has 0 aromatic carbocycles. The number of fused-ring (bicyclic) bond motifs is 1. The highest BCUT2D eigenvalue weighted by Crippen LogP contribution is 2.15. The first-order valence-corrected chi connectivity index (χ1v) is 5.15. The molecule has 0 unspecified atom stereocenters. The lowest BCUT2D eigenvalue weighted by Gasteiger charge is -2.05. The topological polar surface area (TPSA) is 50.7 Å². The summed E-state index contributed by atoms with van der Waals surface area (Å²) in [6, 6.07) is 3.76. The minimum atomic E-state index is -0.111. The van der Waals surface area contributed by atoms with Crippen molar-refractivity contribution in [3.05, 3.63) is 27.2 Å². The van der Waals surface area contributed by atoms with E-state index in [-0.39, 0.29) is 11.7 Å². The van der Waals surface area contributed by atoms with Gasteiger partial charge in [0.25, 0.3) is 0 Å². The summed E-state index contributed by atoms with van der Waals surface area (Å²) in [4.78, 5) is 18.6. The Bertz CT molecular complexity index is 526. The van der Waals surface area contributed by atoms with Crippen LogP contribution in [-0.2, 0) is 0 Å². The van der Waals surface area contributed by atoms with E-state index in [1.165, 1.54) is 0 Å². The van der Waals surface area contributed by atoms with Gasteiger partial charge in [-0.25, -0.2) is 9.78 Å². The van der Waals surface area contributed by atoms with Gasteiger partial charge in [0.2, 0.25) is 0 Å². The van der Waals surface area contributed by atoms with E-state index < -0.39 is 0 Å². The molecule has 5 heteroatoms. The molecule has 0 saturated heterocycles. The van der Waals surface area contributed by atoms with Crippen molar-refractivity contribution in [2.45, 2.75) is 19.9 Å². The number of hydrogen-bond donors (Lipinski definition) is 1. The van der Waals surface area contributed by atoms with Gasteiger partial charge >= 0.3 is 5.69 Å². The maximum absolute atomic E-state index is 11.5. The lowest BCUT2D eigenvalue weighted by Crippen LogP contribution is -2.18. The van der Waals surface area contributed by atoms with Gasteiger partial charge in [0.15, 0.2) is 5.65 Å². The largest absolute Gasteiger partial charge is 0.327 e. The number of H-pyrrole nitrogens is 1. The van der Waals surface area contributed by atoms with Gasteiger partial charge in [-0.2, -0.15) is 0 Å². The van der Waals surface area contributed by atoms with Crippen molar-refractivity contribution >= 4 is 27.1 Å². The van der Waals surface area contributed by atoms with Gasteiger partial charge in [0.1, 0.15) is 4.60 Å². The van der Waals surface area contributed by atoms with Gasteiger partial charge in [-0.05, 0) is 41.9 Å². The SMILES string of the molecule is CC(C)n1c(=O)[nH]c2ccc(Br)nc21. The first-order chi connectivity index (χ1) is 6.59. The molecule has 0 fully saturated rings. The van der Waals surface area contributed by atoms with Crippen molar-refractivity contribution in [2.75, 3.05) is 0 Å². The number of halogens is 1. The average Bonchev–Trinajstić information content (AvgIpc) is 2.40. The van der Waals surface area contributed by atoms with Crippen molar-refractivity contribution in [3.63, 3.8) is 0 Å². The number of aromatic nitrogens is 3. The third kappa shape index (κ3) is 1.37. The summed E-state index contributed by atoms with van der Waals surface area (Å²) in [7, 11) is 0. The Kier molecular flexibility index (Phi) is 2.19. The highest BCUT2D eigenvalue weighted by Gasteiger charge is 2.10. The van der Waals surface area contributed by atoms with E-state index in [0.29, 0.717) is 5.65 Å². The van der Waals surface area contributed by atoms with Crippen LogP contribution in [0.25, 0.3) is 11.2 Å². The summed E-state index contributed by atoms with van der Waals surface area (Å²) < 4.78 is 2.37. The van der Waals surface area contributed by atoms with Crippen molar-refractivity contribution in [2.24, 2.45) is 0 Å². The van der Waals surface area contributed by atoms with E-state index in [4.69, 9.17) is 0 Å². The Labute approximate surface area is 89.1 Å². The number of aromatic amines is 1. The van der Waals surface area contributed by atoms with Gasteiger partial charge in [-0.15, -0.1) is 0 Å². The summed E-state index contributed by atoms with van der Waals surface area (Å²) in [6.45, 7) is 3.91. The molecule has 0 aliphatic heterocycles. The van der Waals surface area contributed by atoms with Gasteiger partial charge in [0.05, 0.1) is 5.52 Å². The van der Waals surface area contributed by atoms with Gasteiger partial charge in [0, 0.05) is 6.04 Å². The molecule has 4 nitrogen and oxygen atoms in total. The second-order valence-electron chi connectivity index (χ2n) is 3.40. The standard InChI is InChI=1S/C9H10BrN3O/c1-5(2)13-8-6(11-9(13)14)3-4-7(10)12-8/h3-5H,1-2H3,(H,11,14). The molecule has 0 amide bonds. The summed E-state index contributed by atoms with van der Waals surface area (Å²) in [5, 5.41) is 0. The zero-order valence-corrected chi connectivity index (χ0v) is 9.50. The minimum Gasteiger partial charge on any atom is -0.304 e. The van der Waals surface area contributed by atoms with Crippen LogP contribution in [0.15, 0.2) is 21.5 Å². The summed E-state index contributed by atoms with van der Waals surface area (Å²) >= 11 is 3.28. The maximum Gasteiger partial charge on any atom is 0.327 e. The van der Waals surface area contributed by atoms with Crippen LogP contribution in [0.4, 0.5) is 0 Å². The highest BCUT2D eigenvalue weighted by molar-refractivity contribution is 9.10. The quantitative estimate of drug-likeness (QED) is 0.794. The molecule has 14 heavy (non-hydrogen) atoms. The van der Waals surface area contributed by atoms with E-state index >= 15 is 0 Å². The molecule has 0 saturated carbocycles. The van der Waals surface area contributed by atoms with E-state index in [9.17, 15) is 4.79 Å². The zero-order chi connectivity index (χ0) is 10.3. The minimum absolute atomic E-state index is 0.109. The monoisotopic (exact) mass is 255 g/mol. The predicted octanol–water partition coefficient (Wildman–Crippen LogP) is 2.07. The van der Waals surface area contributed by atoms with E-state index in [0.717, 1.165) is 10.1 Å². The smallest absolute Gasteiger partial charge is 0.304 e. The second-order valence-corrected chi connectivity index (χ2v) is 4.21. The van der Waals surface area contributed by atoms with Crippen LogP contribution in [0.1, 0.15) is 19.9 Å². The fraction of sp³-hybridized carbons (Fsp3) is 0.333. The Balaban J connectivity index is 2.86. The fourth-order valence-corrected chi connectivity index (χ4v) is 1.76. The van der Waals surface area contributed by atoms with Crippen LogP contribution < -0.4 is 5.69 Å². The van der Waals surface area contributed by atoms with Crippen LogP contribution in [0.3, 0.4) is 0 Å². The molecular weight excluding hydrogens is 246 g/mol. The molecule has 0 aliphatic rings. The van der Waals surface area contributed by atoms with Crippen LogP contribution in [0.2, 0.25) is 0 Å². The van der Waals surface area contributed by atoms with E-state index in [2.05, 4.69) is 25.9 Å². The Morgan fingerprint density at radius 2 is 2.21 bits per heavy atom. The first kappa shape index (κ1) is 9.45. The summed E-state index contributed by atoms with van der Waals surface area (Å²) in [6.07, 6.45) is 0. The van der Waals surface area contributed by atoms with Crippen LogP contribution in [0, 0.1) is 0 Å². The van der Waals surface area contributed by atoms with Crippen molar-refractivity contribution in [3.8, 4) is 0 Å². The lowest BCUT2D eigenvalue weighted by molar-refractivity contribution is 0.593. The van der Waals surface area contributed by atoms with E-state index in [1.54, 1.807) is 4.57 Å². The molecule has 0 aliphatic carbocycles. The average molecular weight is 256 g/mol. The van der Waals surface area contributed by atoms with Crippen LogP contribution >= 0.6 is 15.9 Å². The lowest BCUT2D eigenvalue weighted by atomic mass is 10.4. The number of nitrogens with one attached hydrogen (secondary N) is 1. The number of pyridine rings is 1. The van der Waals surface area contributed by atoms with Gasteiger partial charge < -0.3 is 4.98 Å². The molecule has 2 heterocycles. The first-order valence-electron chi connectivity index (χ1n) is 4.36.